The summed E-state index contributed by atoms with van der Waals surface area (Å²) in [6.45, 7) is 8.59. The third-order valence-electron chi connectivity index (χ3n) is 5.19. The molecule has 156 valence electrons. The Balaban J connectivity index is 1.40. The van der Waals surface area contributed by atoms with Crippen LogP contribution in [-0.4, -0.2) is 46.2 Å². The van der Waals surface area contributed by atoms with Crippen molar-refractivity contribution in [1.82, 2.24) is 19.9 Å². The molecule has 0 radical (unpaired) electrons. The van der Waals surface area contributed by atoms with E-state index in [1.807, 2.05) is 0 Å². The molecular weight excluding hydrogens is 453 g/mol. The van der Waals surface area contributed by atoms with Crippen LogP contribution in [0.3, 0.4) is 0 Å². The topological polar surface area (TPSA) is 51.1 Å². The smallest absolute Gasteiger partial charge is 0.145 e. The largest absolute Gasteiger partial charge is 0.379 e. The van der Waals surface area contributed by atoms with Gasteiger partial charge in [0.25, 0.3) is 0 Å². The van der Waals surface area contributed by atoms with E-state index in [9.17, 15) is 0 Å². The summed E-state index contributed by atoms with van der Waals surface area (Å²) in [4.78, 5) is 19.5. The van der Waals surface area contributed by atoms with Gasteiger partial charge in [0.05, 0.1) is 25.5 Å². The van der Waals surface area contributed by atoms with Crippen molar-refractivity contribution in [2.75, 3.05) is 26.3 Å². The van der Waals surface area contributed by atoms with E-state index in [-0.39, 0.29) is 0 Å². The zero-order valence-corrected chi connectivity index (χ0v) is 20.1. The zero-order chi connectivity index (χ0) is 20.5. The van der Waals surface area contributed by atoms with Gasteiger partial charge in [0, 0.05) is 45.4 Å². The van der Waals surface area contributed by atoms with Gasteiger partial charge in [-0.15, -0.1) is 22.7 Å². The number of nitrogens with zero attached hydrogens (tertiary/aromatic N) is 4. The molecular formula is C21H22N4OS4. The first kappa shape index (κ1) is 20.5. The lowest BCUT2D eigenvalue weighted by atomic mass is 10.2. The van der Waals surface area contributed by atoms with Crippen LogP contribution in [0.4, 0.5) is 0 Å². The highest BCUT2D eigenvalue weighted by Gasteiger charge is 2.18. The average molecular weight is 475 g/mol. The average Bonchev–Trinajstić information content (AvgIpc) is 3.48. The molecule has 0 aromatic carbocycles. The number of ether oxygens (including phenoxy) is 1. The van der Waals surface area contributed by atoms with Crippen LogP contribution in [0.5, 0.6) is 0 Å². The minimum absolute atomic E-state index is 0.780. The van der Waals surface area contributed by atoms with Crippen molar-refractivity contribution in [3.8, 4) is 10.6 Å². The minimum Gasteiger partial charge on any atom is -0.379 e. The summed E-state index contributed by atoms with van der Waals surface area (Å²) in [7, 11) is 0. The standard InChI is InChI=1S/C21H22N4OS4/c1-13-14(2)30-21-18(13)20(23-17(24-21)9-25-4-6-26-7-5-25)29-12-16-11-28-19(22-16)15-3-8-27-10-15/h3,8,10-11H,4-7,9,12H2,1-2H3. The summed E-state index contributed by atoms with van der Waals surface area (Å²) in [5.74, 6) is 1.73. The quantitative estimate of drug-likeness (QED) is 0.267. The Bertz CT molecular complexity index is 1150. The third-order valence-corrected chi connectivity index (χ3v) is 8.92. The van der Waals surface area contributed by atoms with Crippen LogP contribution in [-0.2, 0) is 17.0 Å². The van der Waals surface area contributed by atoms with Crippen LogP contribution in [0.1, 0.15) is 22.0 Å². The number of thiazole rings is 1. The Morgan fingerprint density at radius 2 is 2.00 bits per heavy atom. The van der Waals surface area contributed by atoms with Crippen LogP contribution in [0.25, 0.3) is 20.8 Å². The molecule has 0 bridgehead atoms. The van der Waals surface area contributed by atoms with Gasteiger partial charge in [-0.05, 0) is 30.9 Å². The maximum absolute atomic E-state index is 5.48. The van der Waals surface area contributed by atoms with E-state index in [1.165, 1.54) is 21.4 Å². The van der Waals surface area contributed by atoms with Crippen molar-refractivity contribution in [1.29, 1.82) is 0 Å². The Hall–Kier alpha value is -1.36. The fourth-order valence-electron chi connectivity index (χ4n) is 3.42. The summed E-state index contributed by atoms with van der Waals surface area (Å²) in [5, 5.41) is 9.80. The third kappa shape index (κ3) is 4.32. The van der Waals surface area contributed by atoms with Crippen molar-refractivity contribution in [3.05, 3.63) is 44.2 Å². The highest BCUT2D eigenvalue weighted by atomic mass is 32.2. The van der Waals surface area contributed by atoms with Crippen LogP contribution < -0.4 is 0 Å². The molecule has 5 nitrogen and oxygen atoms in total. The van der Waals surface area contributed by atoms with E-state index >= 15 is 0 Å². The first-order chi connectivity index (χ1) is 14.7. The van der Waals surface area contributed by atoms with E-state index in [0.717, 1.165) is 65.0 Å². The molecule has 4 aromatic rings. The zero-order valence-electron chi connectivity index (χ0n) is 16.9. The van der Waals surface area contributed by atoms with Gasteiger partial charge in [0.2, 0.25) is 0 Å². The van der Waals surface area contributed by atoms with Gasteiger partial charge in [-0.1, -0.05) is 11.8 Å². The predicted octanol–water partition coefficient (Wildman–Crippen LogP) is 5.62. The molecule has 5 rings (SSSR count). The maximum atomic E-state index is 5.48. The van der Waals surface area contributed by atoms with Crippen molar-refractivity contribution >= 4 is 56.0 Å². The highest BCUT2D eigenvalue weighted by Crippen LogP contribution is 2.37. The summed E-state index contributed by atoms with van der Waals surface area (Å²) < 4.78 is 5.48. The van der Waals surface area contributed by atoms with Gasteiger partial charge in [-0.2, -0.15) is 11.3 Å². The number of aryl methyl sites for hydroxylation is 2. The normalized spacial score (nSPS) is 15.3. The van der Waals surface area contributed by atoms with Gasteiger partial charge < -0.3 is 4.74 Å². The second kappa shape index (κ2) is 9.02. The Kier molecular flexibility index (Phi) is 6.17. The summed E-state index contributed by atoms with van der Waals surface area (Å²) >= 11 is 6.97. The van der Waals surface area contributed by atoms with Crippen LogP contribution in [0.15, 0.2) is 27.2 Å². The van der Waals surface area contributed by atoms with Crippen molar-refractivity contribution in [3.63, 3.8) is 0 Å². The Labute approximate surface area is 192 Å². The molecule has 1 aliphatic heterocycles. The Morgan fingerprint density at radius 3 is 2.80 bits per heavy atom. The number of morpholine rings is 1. The first-order valence-electron chi connectivity index (χ1n) is 9.84. The van der Waals surface area contributed by atoms with Crippen molar-refractivity contribution in [2.24, 2.45) is 0 Å². The number of fused-ring (bicyclic) bond motifs is 1. The number of hydrogen-bond donors (Lipinski definition) is 0. The van der Waals surface area contributed by atoms with E-state index in [1.54, 1.807) is 45.8 Å². The lowest BCUT2D eigenvalue weighted by Gasteiger charge is -2.25. The molecule has 30 heavy (non-hydrogen) atoms. The van der Waals surface area contributed by atoms with Gasteiger partial charge in [-0.3, -0.25) is 4.90 Å². The molecule has 4 aromatic heterocycles. The molecule has 0 amide bonds. The van der Waals surface area contributed by atoms with E-state index < -0.39 is 0 Å². The molecule has 9 heteroatoms. The van der Waals surface area contributed by atoms with Crippen molar-refractivity contribution < 1.29 is 4.74 Å². The molecule has 1 aliphatic rings. The molecule has 0 saturated carbocycles. The highest BCUT2D eigenvalue weighted by molar-refractivity contribution is 7.98. The van der Waals surface area contributed by atoms with E-state index in [4.69, 9.17) is 19.7 Å². The first-order valence-corrected chi connectivity index (χ1v) is 13.5. The van der Waals surface area contributed by atoms with Crippen LogP contribution >= 0.6 is 45.8 Å². The summed E-state index contributed by atoms with van der Waals surface area (Å²) in [6.07, 6.45) is 0. The second-order valence-electron chi connectivity index (χ2n) is 7.24. The number of rotatable bonds is 6. The molecule has 0 atom stereocenters. The predicted molar refractivity (Wildman–Crippen MR) is 128 cm³/mol. The van der Waals surface area contributed by atoms with Gasteiger partial charge in [0.1, 0.15) is 20.7 Å². The molecule has 1 fully saturated rings. The molecule has 0 N–H and O–H groups in total. The number of thiophene rings is 2. The molecule has 0 spiro atoms. The summed E-state index contributed by atoms with van der Waals surface area (Å²) in [6, 6.07) is 2.13. The fourth-order valence-corrected chi connectivity index (χ4v) is 7.17. The lowest BCUT2D eigenvalue weighted by molar-refractivity contribution is 0.0330. The van der Waals surface area contributed by atoms with E-state index in [2.05, 4.69) is 41.0 Å². The molecule has 1 saturated heterocycles. The Morgan fingerprint density at radius 1 is 1.13 bits per heavy atom. The maximum Gasteiger partial charge on any atom is 0.145 e. The molecule has 5 heterocycles. The minimum atomic E-state index is 0.780. The van der Waals surface area contributed by atoms with Crippen LogP contribution in [0.2, 0.25) is 0 Å². The van der Waals surface area contributed by atoms with Crippen molar-refractivity contribution in [2.45, 2.75) is 31.2 Å². The van der Waals surface area contributed by atoms with Crippen LogP contribution in [0, 0.1) is 13.8 Å². The summed E-state index contributed by atoms with van der Waals surface area (Å²) in [5.41, 5.74) is 3.62. The molecule has 0 unspecified atom stereocenters. The lowest BCUT2D eigenvalue weighted by Crippen LogP contribution is -2.36. The SMILES string of the molecule is Cc1sc2nc(CN3CCOCC3)nc(SCc3csc(-c4ccsc4)n3)c2c1C. The number of hydrogen-bond acceptors (Lipinski definition) is 9. The van der Waals surface area contributed by atoms with Gasteiger partial charge >= 0.3 is 0 Å². The number of thioether (sulfide) groups is 1. The second-order valence-corrected chi connectivity index (χ2v) is 11.0. The number of aromatic nitrogens is 3. The van der Waals surface area contributed by atoms with Gasteiger partial charge in [-0.25, -0.2) is 15.0 Å². The van der Waals surface area contributed by atoms with Gasteiger partial charge in [0.15, 0.2) is 0 Å². The monoisotopic (exact) mass is 474 g/mol. The van der Waals surface area contributed by atoms with E-state index in [0.29, 0.717) is 0 Å². The fraction of sp³-hybridized carbons (Fsp3) is 0.381. The molecule has 0 aliphatic carbocycles.